The van der Waals surface area contributed by atoms with Crippen molar-refractivity contribution in [2.75, 3.05) is 19.7 Å². The summed E-state index contributed by atoms with van der Waals surface area (Å²) in [5, 5.41) is 3.26. The summed E-state index contributed by atoms with van der Waals surface area (Å²) in [5.74, 6) is 0. The molecule has 1 aromatic rings. The molecule has 3 heteroatoms. The molecule has 1 saturated heterocycles. The zero-order valence-electron chi connectivity index (χ0n) is 8.53. The lowest BCUT2D eigenvalue weighted by molar-refractivity contribution is -0.0661. The Morgan fingerprint density at radius 2 is 2.20 bits per heavy atom. The number of hydrogen-bond donors (Lipinski definition) is 1. The molecule has 1 radical (unpaired) electrons. The van der Waals surface area contributed by atoms with Crippen LogP contribution in [0.4, 0.5) is 0 Å². The molecule has 1 fully saturated rings. The van der Waals surface area contributed by atoms with E-state index in [0.717, 1.165) is 12.1 Å². The number of rotatable bonds is 3. The van der Waals surface area contributed by atoms with E-state index in [9.17, 15) is 4.79 Å². The van der Waals surface area contributed by atoms with Gasteiger partial charge in [0, 0.05) is 19.5 Å². The molecule has 3 nitrogen and oxygen atoms in total. The van der Waals surface area contributed by atoms with Crippen LogP contribution in [-0.4, -0.2) is 26.0 Å². The summed E-state index contributed by atoms with van der Waals surface area (Å²) in [6.07, 6.45) is 2.24. The zero-order chi connectivity index (χ0) is 10.6. The molecular formula is C12H14NO2. The van der Waals surface area contributed by atoms with E-state index in [0.29, 0.717) is 13.2 Å². The summed E-state index contributed by atoms with van der Waals surface area (Å²) in [6, 6.07) is 9.85. The lowest BCUT2D eigenvalue weighted by Crippen LogP contribution is -2.47. The van der Waals surface area contributed by atoms with Crippen LogP contribution in [0.1, 0.15) is 12.0 Å². The average molecular weight is 204 g/mol. The maximum absolute atomic E-state index is 10.6. The molecule has 1 atom stereocenters. The van der Waals surface area contributed by atoms with Crippen LogP contribution in [0, 0.1) is 0 Å². The number of ether oxygens (including phenoxy) is 1. The third-order valence-corrected chi connectivity index (χ3v) is 2.73. The Balaban J connectivity index is 2.29. The first-order chi connectivity index (χ1) is 7.37. The molecule has 1 aromatic carbocycles. The predicted molar refractivity (Wildman–Crippen MR) is 57.3 cm³/mol. The topological polar surface area (TPSA) is 38.3 Å². The van der Waals surface area contributed by atoms with Gasteiger partial charge < -0.3 is 10.1 Å². The van der Waals surface area contributed by atoms with Gasteiger partial charge in [-0.2, -0.15) is 0 Å². The maximum atomic E-state index is 10.6. The van der Waals surface area contributed by atoms with Crippen molar-refractivity contribution in [2.45, 2.75) is 12.0 Å². The fourth-order valence-corrected chi connectivity index (χ4v) is 1.92. The highest BCUT2D eigenvalue weighted by atomic mass is 16.5. The predicted octanol–water partition coefficient (Wildman–Crippen LogP) is 1.00. The first kappa shape index (κ1) is 10.3. The van der Waals surface area contributed by atoms with Crippen molar-refractivity contribution >= 4 is 6.29 Å². The molecule has 2 rings (SSSR count). The van der Waals surface area contributed by atoms with E-state index in [1.165, 1.54) is 0 Å². The lowest BCUT2D eigenvalue weighted by Gasteiger charge is -2.36. The Bertz CT molecular complexity index is 318. The van der Waals surface area contributed by atoms with Crippen molar-refractivity contribution in [3.63, 3.8) is 0 Å². The van der Waals surface area contributed by atoms with Crippen LogP contribution in [0.5, 0.6) is 0 Å². The van der Waals surface area contributed by atoms with Crippen LogP contribution >= 0.6 is 0 Å². The van der Waals surface area contributed by atoms with Crippen LogP contribution in [0.15, 0.2) is 30.3 Å². The van der Waals surface area contributed by atoms with E-state index >= 15 is 0 Å². The second-order valence-electron chi connectivity index (χ2n) is 3.71. The van der Waals surface area contributed by atoms with Crippen molar-refractivity contribution in [1.82, 2.24) is 5.32 Å². The quantitative estimate of drug-likeness (QED) is 0.798. The molecule has 1 unspecified atom stereocenters. The van der Waals surface area contributed by atoms with Crippen molar-refractivity contribution in [3.05, 3.63) is 35.9 Å². The minimum atomic E-state index is -0.513. The van der Waals surface area contributed by atoms with Crippen molar-refractivity contribution < 1.29 is 9.53 Å². The van der Waals surface area contributed by atoms with Gasteiger partial charge in [-0.05, 0) is 5.56 Å². The molecule has 1 N–H and O–H groups in total. The van der Waals surface area contributed by atoms with E-state index in [1.54, 1.807) is 0 Å². The monoisotopic (exact) mass is 204 g/mol. The Hall–Kier alpha value is -1.19. The van der Waals surface area contributed by atoms with Crippen LogP contribution in [-0.2, 0) is 15.1 Å². The number of morpholine rings is 1. The highest BCUT2D eigenvalue weighted by Crippen LogP contribution is 2.29. The molecule has 0 spiro atoms. The molecular weight excluding hydrogens is 190 g/mol. The Labute approximate surface area is 89.4 Å². The zero-order valence-corrected chi connectivity index (χ0v) is 8.53. The summed E-state index contributed by atoms with van der Waals surface area (Å²) >= 11 is 0. The standard InChI is InChI=1S/C12H14NO2/c14-8-6-12(10-13-7-9-15-12)11-4-2-1-3-5-11/h1-5,13H,6-7,9-10H2. The molecule has 0 aromatic heterocycles. The van der Waals surface area contributed by atoms with Gasteiger partial charge in [-0.25, -0.2) is 0 Å². The molecule has 0 amide bonds. The van der Waals surface area contributed by atoms with Crippen LogP contribution in [0.2, 0.25) is 0 Å². The van der Waals surface area contributed by atoms with Gasteiger partial charge in [0.15, 0.2) is 0 Å². The van der Waals surface area contributed by atoms with Gasteiger partial charge in [0.1, 0.15) is 5.60 Å². The SMILES string of the molecule is O=[C]CC1(c2ccccc2)CNCCO1. The minimum Gasteiger partial charge on any atom is -0.367 e. The molecule has 1 aliphatic heterocycles. The van der Waals surface area contributed by atoms with Crippen LogP contribution in [0.25, 0.3) is 0 Å². The average Bonchev–Trinajstić information content (AvgIpc) is 2.32. The fourth-order valence-electron chi connectivity index (χ4n) is 1.92. The Morgan fingerprint density at radius 1 is 1.40 bits per heavy atom. The lowest BCUT2D eigenvalue weighted by atomic mass is 9.89. The molecule has 79 valence electrons. The van der Waals surface area contributed by atoms with Crippen LogP contribution in [0.3, 0.4) is 0 Å². The van der Waals surface area contributed by atoms with Crippen molar-refractivity contribution in [1.29, 1.82) is 0 Å². The molecule has 0 aliphatic carbocycles. The van der Waals surface area contributed by atoms with Gasteiger partial charge in [0.2, 0.25) is 6.29 Å². The summed E-state index contributed by atoms with van der Waals surface area (Å²) in [4.78, 5) is 10.6. The minimum absolute atomic E-state index is 0.282. The molecule has 1 heterocycles. The second kappa shape index (κ2) is 4.55. The van der Waals surface area contributed by atoms with Gasteiger partial charge in [0.25, 0.3) is 0 Å². The number of nitrogens with one attached hydrogen (secondary N) is 1. The second-order valence-corrected chi connectivity index (χ2v) is 3.71. The molecule has 0 bridgehead atoms. The Kier molecular flexibility index (Phi) is 3.14. The largest absolute Gasteiger partial charge is 0.367 e. The van der Waals surface area contributed by atoms with Crippen molar-refractivity contribution in [3.8, 4) is 0 Å². The summed E-state index contributed by atoms with van der Waals surface area (Å²) in [5.41, 5.74) is 0.530. The van der Waals surface area contributed by atoms with Gasteiger partial charge in [0.05, 0.1) is 6.61 Å². The molecule has 1 aliphatic rings. The van der Waals surface area contributed by atoms with Gasteiger partial charge >= 0.3 is 0 Å². The van der Waals surface area contributed by atoms with Gasteiger partial charge in [-0.15, -0.1) is 0 Å². The molecule has 0 saturated carbocycles. The first-order valence-corrected chi connectivity index (χ1v) is 5.13. The Morgan fingerprint density at radius 3 is 2.80 bits per heavy atom. The van der Waals surface area contributed by atoms with E-state index in [1.807, 2.05) is 36.6 Å². The third-order valence-electron chi connectivity index (χ3n) is 2.73. The summed E-state index contributed by atoms with van der Waals surface area (Å²) in [6.45, 7) is 2.15. The van der Waals surface area contributed by atoms with E-state index < -0.39 is 5.60 Å². The smallest absolute Gasteiger partial charge is 0.201 e. The molecule has 15 heavy (non-hydrogen) atoms. The summed E-state index contributed by atoms with van der Waals surface area (Å²) in [7, 11) is 0. The highest BCUT2D eigenvalue weighted by Gasteiger charge is 2.34. The van der Waals surface area contributed by atoms with Crippen molar-refractivity contribution in [2.24, 2.45) is 0 Å². The highest BCUT2D eigenvalue weighted by molar-refractivity contribution is 5.54. The fraction of sp³-hybridized carbons (Fsp3) is 0.417. The van der Waals surface area contributed by atoms with Gasteiger partial charge in [-0.3, -0.25) is 4.79 Å². The third kappa shape index (κ3) is 2.08. The normalized spacial score (nSPS) is 26.1. The number of benzene rings is 1. The number of hydrogen-bond acceptors (Lipinski definition) is 3. The van der Waals surface area contributed by atoms with E-state index in [2.05, 4.69) is 5.32 Å². The first-order valence-electron chi connectivity index (χ1n) is 5.13. The maximum Gasteiger partial charge on any atom is 0.201 e. The van der Waals surface area contributed by atoms with E-state index in [-0.39, 0.29) is 6.42 Å². The summed E-state index contributed by atoms with van der Waals surface area (Å²) < 4.78 is 5.77. The number of carbonyl (C=O) groups excluding carboxylic acids is 1. The van der Waals surface area contributed by atoms with E-state index in [4.69, 9.17) is 4.74 Å². The van der Waals surface area contributed by atoms with Crippen LogP contribution < -0.4 is 5.32 Å². The van der Waals surface area contributed by atoms with Gasteiger partial charge in [-0.1, -0.05) is 30.3 Å².